The Balaban J connectivity index is 1.31. The average Bonchev–Trinajstić information content (AvgIpc) is 3.59. The molecule has 3 aromatic carbocycles. The van der Waals surface area contributed by atoms with Crippen molar-refractivity contribution < 1.29 is 42.7 Å². The van der Waals surface area contributed by atoms with Gasteiger partial charge in [0.05, 0.1) is 20.3 Å². The van der Waals surface area contributed by atoms with Crippen molar-refractivity contribution in [3.63, 3.8) is 0 Å². The molecule has 11 nitrogen and oxygen atoms in total. The van der Waals surface area contributed by atoms with E-state index in [-0.39, 0.29) is 24.6 Å². The number of oxazole rings is 1. The van der Waals surface area contributed by atoms with E-state index >= 15 is 0 Å². The van der Waals surface area contributed by atoms with Crippen LogP contribution in [0.25, 0.3) is 0 Å². The maximum absolute atomic E-state index is 13.4. The Hall–Kier alpha value is -5.26. The molecule has 5 aromatic rings. The van der Waals surface area contributed by atoms with Crippen molar-refractivity contribution in [2.45, 2.75) is 51.5 Å². The Labute approximate surface area is 305 Å². The largest absolute Gasteiger partial charge is 0.493 e. The number of aromatic nitrogens is 2. The van der Waals surface area contributed by atoms with Gasteiger partial charge in [-0.25, -0.2) is 19.6 Å². The van der Waals surface area contributed by atoms with Crippen molar-refractivity contribution in [2.75, 3.05) is 14.2 Å². The van der Waals surface area contributed by atoms with Crippen LogP contribution in [-0.4, -0.2) is 36.9 Å². The van der Waals surface area contributed by atoms with Gasteiger partial charge < -0.3 is 33.4 Å². The summed E-state index contributed by atoms with van der Waals surface area (Å²) in [5.74, 6) is 0.865. The first-order valence-electron chi connectivity index (χ1n) is 15.9. The van der Waals surface area contributed by atoms with Crippen LogP contribution in [0, 0.1) is 0 Å². The predicted octanol–water partition coefficient (Wildman–Crippen LogP) is 8.15. The lowest BCUT2D eigenvalue weighted by atomic mass is 9.98. The van der Waals surface area contributed by atoms with Gasteiger partial charge in [0.15, 0.2) is 36.2 Å². The van der Waals surface area contributed by atoms with Crippen molar-refractivity contribution in [3.8, 4) is 17.2 Å². The highest BCUT2D eigenvalue weighted by atomic mass is 35.5. The topological polar surface area (TPSA) is 132 Å². The molecule has 2 N–H and O–H groups in total. The molecule has 51 heavy (non-hydrogen) atoms. The summed E-state index contributed by atoms with van der Waals surface area (Å²) >= 11 is 12.9. The summed E-state index contributed by atoms with van der Waals surface area (Å²) < 4.78 is 33.9. The minimum absolute atomic E-state index is 0.0582. The lowest BCUT2D eigenvalue weighted by Crippen LogP contribution is -2.35. The highest BCUT2D eigenvalue weighted by Gasteiger charge is 2.26. The van der Waals surface area contributed by atoms with Crippen LogP contribution in [-0.2, 0) is 22.5 Å². The van der Waals surface area contributed by atoms with Crippen molar-refractivity contribution >= 4 is 35.3 Å². The molecule has 0 aliphatic heterocycles. The first kappa shape index (κ1) is 37.0. The quantitative estimate of drug-likeness (QED) is 0.119. The number of benzene rings is 3. The third kappa shape index (κ3) is 9.93. The fourth-order valence-electron chi connectivity index (χ4n) is 5.16. The number of pyridine rings is 1. The summed E-state index contributed by atoms with van der Waals surface area (Å²) in [5, 5.41) is 3.71. The summed E-state index contributed by atoms with van der Waals surface area (Å²) in [4.78, 5) is 33.4. The van der Waals surface area contributed by atoms with Gasteiger partial charge in [-0.1, -0.05) is 71.7 Å². The van der Waals surface area contributed by atoms with Gasteiger partial charge in [-0.05, 0) is 61.7 Å². The number of esters is 1. The number of alkyl carbamates (subject to hydrolysis) is 1. The second-order valence-electron chi connectivity index (χ2n) is 12.3. The van der Waals surface area contributed by atoms with E-state index in [1.807, 2.05) is 42.5 Å². The van der Waals surface area contributed by atoms with Gasteiger partial charge in [0.1, 0.15) is 33.8 Å². The molecule has 0 saturated carbocycles. The van der Waals surface area contributed by atoms with E-state index in [0.29, 0.717) is 38.4 Å². The van der Waals surface area contributed by atoms with E-state index in [1.165, 1.54) is 20.5 Å². The van der Waals surface area contributed by atoms with Crippen LogP contribution in [0.3, 0.4) is 0 Å². The third-order valence-electron chi connectivity index (χ3n) is 7.52. The van der Waals surface area contributed by atoms with E-state index in [2.05, 4.69) is 15.3 Å². The van der Waals surface area contributed by atoms with Gasteiger partial charge in [0, 0.05) is 12.0 Å². The molecule has 0 aliphatic rings. The second-order valence-corrected chi connectivity index (χ2v) is 13.1. The van der Waals surface area contributed by atoms with Crippen LogP contribution >= 0.6 is 23.2 Å². The maximum atomic E-state index is 13.4. The van der Waals surface area contributed by atoms with Gasteiger partial charge in [-0.2, -0.15) is 0 Å². The molecule has 0 unspecified atom stereocenters. The zero-order chi connectivity index (χ0) is 36.5. The first-order chi connectivity index (χ1) is 24.4. The number of methoxy groups -OCH3 is 2. The van der Waals surface area contributed by atoms with Crippen molar-refractivity contribution in [3.05, 3.63) is 135 Å². The minimum atomic E-state index is -0.833. The van der Waals surface area contributed by atoms with Crippen molar-refractivity contribution in [1.82, 2.24) is 10.3 Å². The Morgan fingerprint density at radius 2 is 1.59 bits per heavy atom. The van der Waals surface area contributed by atoms with Gasteiger partial charge in [-0.15, -0.1) is 0 Å². The number of hydrogen-bond acceptors (Lipinski definition) is 9. The highest BCUT2D eigenvalue weighted by molar-refractivity contribution is 6.35. The number of amides is 1. The van der Waals surface area contributed by atoms with Crippen LogP contribution in [0.2, 0.25) is 10.0 Å². The van der Waals surface area contributed by atoms with E-state index < -0.39 is 29.8 Å². The maximum Gasteiger partial charge on any atom is 0.408 e. The number of halogens is 2. The fraction of sp³-hybridized carbons (Fsp3) is 0.263. The Kier molecular flexibility index (Phi) is 12.1. The molecule has 2 atom stereocenters. The van der Waals surface area contributed by atoms with Gasteiger partial charge in [-0.3, -0.25) is 0 Å². The molecule has 0 aliphatic carbocycles. The molecule has 0 radical (unpaired) electrons. The summed E-state index contributed by atoms with van der Waals surface area (Å²) in [6, 6.07) is 21.5. The number of nitrogens with zero attached hydrogens (tertiary/aromatic N) is 1. The number of rotatable bonds is 13. The summed E-state index contributed by atoms with van der Waals surface area (Å²) in [7, 11) is 3.05. The molecule has 13 heteroatoms. The minimum Gasteiger partial charge on any atom is -0.493 e. The normalized spacial score (nSPS) is 12.4. The zero-order valence-electron chi connectivity index (χ0n) is 28.7. The lowest BCUT2D eigenvalue weighted by Gasteiger charge is -2.24. The van der Waals surface area contributed by atoms with Crippen molar-refractivity contribution in [1.29, 1.82) is 0 Å². The van der Waals surface area contributed by atoms with Crippen LogP contribution in [0.1, 0.15) is 71.6 Å². The first-order valence-corrected chi connectivity index (χ1v) is 16.7. The number of nitrogens with one attached hydrogen (secondary N) is 2. The number of H-pyrrole nitrogens is 1. The van der Waals surface area contributed by atoms with Crippen LogP contribution in [0.15, 0.2) is 95.9 Å². The third-order valence-corrected chi connectivity index (χ3v) is 8.20. The standard InChI is InChI=1S/C38H37Cl2N3O8/c1-38(2,3)51-37(45)43-35(23-10-7-6-8-11-23)25-12-9-13-26(16-25)48-22-34-42-30(21-49-34)36(44)50-32(18-27-28(39)19-41-20-29(27)40)24-14-15-31(46-4)33(17-24)47-5/h6-17,19-21,32,35H,18,22H2,1-5H3,(H,43,45)/p+1/t32-,35-/m0/s1. The van der Waals surface area contributed by atoms with E-state index in [0.717, 1.165) is 11.1 Å². The SMILES string of the molecule is COc1ccc([C@H](Cc2c(Cl)c[nH+]cc2Cl)OC(=O)c2coc(COc3cccc([C@@H](NC(=O)OC(C)(C)C)c4ccccc4)c3)n2)cc1OC. The van der Waals surface area contributed by atoms with Gasteiger partial charge in [0.25, 0.3) is 0 Å². The van der Waals surface area contributed by atoms with Gasteiger partial charge in [0.2, 0.25) is 5.89 Å². The Morgan fingerprint density at radius 1 is 0.882 bits per heavy atom. The molecule has 2 aromatic heterocycles. The highest BCUT2D eigenvalue weighted by Crippen LogP contribution is 2.35. The van der Waals surface area contributed by atoms with Crippen LogP contribution in [0.4, 0.5) is 4.79 Å². The van der Waals surface area contributed by atoms with E-state index in [1.54, 1.807) is 63.5 Å². The molecule has 0 spiro atoms. The molecule has 0 fully saturated rings. The molecule has 5 rings (SSSR count). The van der Waals surface area contributed by atoms with Crippen LogP contribution < -0.4 is 24.5 Å². The molecule has 2 heterocycles. The summed E-state index contributed by atoms with van der Waals surface area (Å²) in [5.41, 5.74) is 2.10. The molecule has 0 saturated heterocycles. The van der Waals surface area contributed by atoms with Crippen molar-refractivity contribution in [2.24, 2.45) is 0 Å². The second kappa shape index (κ2) is 16.6. The molecular weight excluding hydrogens is 697 g/mol. The lowest BCUT2D eigenvalue weighted by molar-refractivity contribution is -0.377. The summed E-state index contributed by atoms with van der Waals surface area (Å²) in [6.07, 6.45) is 3.16. The summed E-state index contributed by atoms with van der Waals surface area (Å²) in [6.45, 7) is 5.33. The Morgan fingerprint density at radius 3 is 2.27 bits per heavy atom. The molecular formula is C38H38Cl2N3O8+. The predicted molar refractivity (Wildman–Crippen MR) is 189 cm³/mol. The number of carbonyl (C=O) groups is 2. The number of aromatic amines is 1. The molecule has 266 valence electrons. The number of hydrogen-bond donors (Lipinski definition) is 1. The molecule has 1 amide bonds. The van der Waals surface area contributed by atoms with Gasteiger partial charge >= 0.3 is 12.1 Å². The smallest absolute Gasteiger partial charge is 0.408 e. The monoisotopic (exact) mass is 734 g/mol. The Bertz CT molecular complexity index is 1940. The van der Waals surface area contributed by atoms with Crippen LogP contribution in [0.5, 0.6) is 17.2 Å². The average molecular weight is 736 g/mol. The zero-order valence-corrected chi connectivity index (χ0v) is 30.2. The number of ether oxygens (including phenoxy) is 5. The fourth-order valence-corrected chi connectivity index (χ4v) is 5.69. The number of carbonyl (C=O) groups excluding carboxylic acids is 2. The van der Waals surface area contributed by atoms with E-state index in [9.17, 15) is 9.59 Å². The van der Waals surface area contributed by atoms with E-state index in [4.69, 9.17) is 51.3 Å². The molecule has 0 bridgehead atoms.